The molecule has 1 heterocycles. The predicted octanol–water partition coefficient (Wildman–Crippen LogP) is 3.59. The molecule has 102 valence electrons. The van der Waals surface area contributed by atoms with E-state index in [9.17, 15) is 0 Å². The zero-order valence-corrected chi connectivity index (χ0v) is 11.7. The lowest BCUT2D eigenvalue weighted by molar-refractivity contribution is 0.202. The number of hydrogen-bond acceptors (Lipinski definition) is 4. The first-order chi connectivity index (χ1) is 9.74. The Balaban J connectivity index is 2.13. The average molecular weight is 289 g/mol. The van der Waals surface area contributed by atoms with Gasteiger partial charge < -0.3 is 9.47 Å². The van der Waals surface area contributed by atoms with Gasteiger partial charge in [-0.25, -0.2) is 4.98 Å². The third-order valence-electron chi connectivity index (χ3n) is 2.71. The molecule has 2 aromatic rings. The van der Waals surface area contributed by atoms with Crippen LogP contribution < -0.4 is 4.74 Å². The first-order valence-corrected chi connectivity index (χ1v) is 6.42. The summed E-state index contributed by atoms with van der Waals surface area (Å²) in [5.74, 6) is 0.853. The zero-order chi connectivity index (χ0) is 14.4. The van der Waals surface area contributed by atoms with Crippen molar-refractivity contribution in [2.75, 3.05) is 13.7 Å². The van der Waals surface area contributed by atoms with Crippen LogP contribution in [0.1, 0.15) is 11.1 Å². The van der Waals surface area contributed by atoms with Crippen LogP contribution in [0.5, 0.6) is 11.6 Å². The van der Waals surface area contributed by atoms with Gasteiger partial charge >= 0.3 is 0 Å². The van der Waals surface area contributed by atoms with Gasteiger partial charge in [-0.2, -0.15) is 5.26 Å². The largest absolute Gasteiger partial charge is 0.437 e. The minimum Gasteiger partial charge on any atom is -0.437 e. The second-order valence-corrected chi connectivity index (χ2v) is 4.46. The van der Waals surface area contributed by atoms with Crippen molar-refractivity contribution in [1.82, 2.24) is 4.98 Å². The molecule has 0 N–H and O–H groups in total. The Morgan fingerprint density at radius 1 is 1.25 bits per heavy atom. The van der Waals surface area contributed by atoms with E-state index in [0.717, 1.165) is 12.0 Å². The SMILES string of the molecule is COCCc1ccc(Oc2nccc(C#N)c2Cl)cc1. The first-order valence-electron chi connectivity index (χ1n) is 6.05. The molecule has 0 aliphatic carbocycles. The molecule has 0 aliphatic rings. The molecule has 0 saturated heterocycles. The molecule has 20 heavy (non-hydrogen) atoms. The lowest BCUT2D eigenvalue weighted by Gasteiger charge is -2.07. The topological polar surface area (TPSA) is 55.1 Å². The van der Waals surface area contributed by atoms with Crippen LogP contribution in [0.2, 0.25) is 5.02 Å². The molecule has 0 radical (unpaired) electrons. The van der Waals surface area contributed by atoms with Crippen LogP contribution in [0.4, 0.5) is 0 Å². The summed E-state index contributed by atoms with van der Waals surface area (Å²) in [5, 5.41) is 9.12. The van der Waals surface area contributed by atoms with Gasteiger partial charge in [0, 0.05) is 13.3 Å². The molecule has 0 fully saturated rings. The molecular formula is C15H13ClN2O2. The van der Waals surface area contributed by atoms with Crippen molar-refractivity contribution >= 4 is 11.6 Å². The van der Waals surface area contributed by atoms with Crippen molar-refractivity contribution in [3.8, 4) is 17.7 Å². The van der Waals surface area contributed by atoms with E-state index in [1.807, 2.05) is 30.3 Å². The van der Waals surface area contributed by atoms with Crippen molar-refractivity contribution < 1.29 is 9.47 Å². The number of nitrogens with zero attached hydrogens (tertiary/aromatic N) is 2. The summed E-state index contributed by atoms with van der Waals surface area (Å²) >= 11 is 6.03. The fourth-order valence-electron chi connectivity index (χ4n) is 1.64. The Labute approximate surface area is 122 Å². The molecule has 0 aliphatic heterocycles. The van der Waals surface area contributed by atoms with Crippen molar-refractivity contribution in [2.45, 2.75) is 6.42 Å². The number of halogens is 1. The molecule has 0 saturated carbocycles. The monoisotopic (exact) mass is 288 g/mol. The summed E-state index contributed by atoms with van der Waals surface area (Å²) in [5.41, 5.74) is 1.50. The Bertz CT molecular complexity index is 621. The van der Waals surface area contributed by atoms with E-state index >= 15 is 0 Å². The summed E-state index contributed by atoms with van der Waals surface area (Å²) in [6, 6.07) is 11.1. The van der Waals surface area contributed by atoms with Gasteiger partial charge in [0.2, 0.25) is 5.88 Å². The maximum Gasteiger partial charge on any atom is 0.239 e. The molecule has 2 rings (SSSR count). The van der Waals surface area contributed by atoms with Gasteiger partial charge in [0.25, 0.3) is 0 Å². The molecule has 4 nitrogen and oxygen atoms in total. The van der Waals surface area contributed by atoms with Gasteiger partial charge in [-0.1, -0.05) is 23.7 Å². The minimum absolute atomic E-state index is 0.221. The van der Waals surface area contributed by atoms with Crippen LogP contribution in [-0.4, -0.2) is 18.7 Å². The van der Waals surface area contributed by atoms with E-state index in [4.69, 9.17) is 26.3 Å². The van der Waals surface area contributed by atoms with E-state index < -0.39 is 0 Å². The third-order valence-corrected chi connectivity index (χ3v) is 3.08. The highest BCUT2D eigenvalue weighted by molar-refractivity contribution is 6.33. The Morgan fingerprint density at radius 2 is 2.00 bits per heavy atom. The van der Waals surface area contributed by atoms with E-state index in [0.29, 0.717) is 17.9 Å². The summed E-state index contributed by atoms with van der Waals surface area (Å²) in [4.78, 5) is 4.03. The van der Waals surface area contributed by atoms with Gasteiger partial charge in [0.15, 0.2) is 0 Å². The normalized spacial score (nSPS) is 10.1. The summed E-state index contributed by atoms with van der Waals surface area (Å²) in [6.45, 7) is 0.678. The van der Waals surface area contributed by atoms with Crippen molar-refractivity contribution in [3.63, 3.8) is 0 Å². The number of aromatic nitrogens is 1. The number of rotatable bonds is 5. The minimum atomic E-state index is 0.221. The lowest BCUT2D eigenvalue weighted by Crippen LogP contribution is -1.95. The highest BCUT2D eigenvalue weighted by Gasteiger charge is 2.09. The lowest BCUT2D eigenvalue weighted by atomic mass is 10.1. The summed E-state index contributed by atoms with van der Waals surface area (Å²) < 4.78 is 10.6. The molecule has 5 heteroatoms. The van der Waals surface area contributed by atoms with E-state index in [2.05, 4.69) is 4.98 Å². The van der Waals surface area contributed by atoms with Crippen LogP contribution in [0.3, 0.4) is 0 Å². The Hall–Kier alpha value is -2.09. The Kier molecular flexibility index (Phi) is 4.94. The van der Waals surface area contributed by atoms with E-state index in [1.54, 1.807) is 13.2 Å². The zero-order valence-electron chi connectivity index (χ0n) is 11.0. The second kappa shape index (κ2) is 6.90. The number of hydrogen-bond donors (Lipinski definition) is 0. The van der Waals surface area contributed by atoms with Gasteiger partial charge in [0.1, 0.15) is 16.8 Å². The van der Waals surface area contributed by atoms with Crippen molar-refractivity contribution in [3.05, 3.63) is 52.7 Å². The molecule has 0 amide bonds. The maximum absolute atomic E-state index is 8.90. The molecule has 1 aromatic carbocycles. The highest BCUT2D eigenvalue weighted by Crippen LogP contribution is 2.29. The molecule has 0 unspecified atom stereocenters. The van der Waals surface area contributed by atoms with E-state index in [-0.39, 0.29) is 10.9 Å². The van der Waals surface area contributed by atoms with Gasteiger partial charge in [0.05, 0.1) is 12.2 Å². The molecule has 0 atom stereocenters. The van der Waals surface area contributed by atoms with E-state index in [1.165, 1.54) is 6.20 Å². The summed E-state index contributed by atoms with van der Waals surface area (Å²) in [6.07, 6.45) is 2.34. The average Bonchev–Trinajstić information content (AvgIpc) is 2.48. The molecule has 0 spiro atoms. The third kappa shape index (κ3) is 3.47. The van der Waals surface area contributed by atoms with Gasteiger partial charge in [-0.15, -0.1) is 0 Å². The number of nitriles is 1. The highest BCUT2D eigenvalue weighted by atomic mass is 35.5. The quantitative estimate of drug-likeness (QED) is 0.844. The fraction of sp³-hybridized carbons (Fsp3) is 0.200. The molecule has 0 bridgehead atoms. The number of methoxy groups -OCH3 is 1. The van der Waals surface area contributed by atoms with Gasteiger partial charge in [-0.05, 0) is 30.2 Å². The number of benzene rings is 1. The smallest absolute Gasteiger partial charge is 0.239 e. The number of pyridine rings is 1. The first kappa shape index (κ1) is 14.3. The van der Waals surface area contributed by atoms with Crippen LogP contribution in [0, 0.1) is 11.3 Å². The van der Waals surface area contributed by atoms with Crippen LogP contribution in [0.25, 0.3) is 0 Å². The van der Waals surface area contributed by atoms with Crippen molar-refractivity contribution in [2.24, 2.45) is 0 Å². The van der Waals surface area contributed by atoms with Crippen LogP contribution in [0.15, 0.2) is 36.5 Å². The molecule has 1 aromatic heterocycles. The predicted molar refractivity (Wildman–Crippen MR) is 76.1 cm³/mol. The maximum atomic E-state index is 8.90. The Morgan fingerprint density at radius 3 is 2.65 bits per heavy atom. The summed E-state index contributed by atoms with van der Waals surface area (Å²) in [7, 11) is 1.67. The fourth-order valence-corrected chi connectivity index (χ4v) is 1.83. The van der Waals surface area contributed by atoms with Gasteiger partial charge in [-0.3, -0.25) is 0 Å². The standard InChI is InChI=1S/C15H13ClN2O2/c1-19-9-7-11-2-4-13(5-3-11)20-15-14(16)12(10-17)6-8-18-15/h2-6,8H,7,9H2,1H3. The van der Waals surface area contributed by atoms with Crippen LogP contribution in [-0.2, 0) is 11.2 Å². The van der Waals surface area contributed by atoms with Crippen LogP contribution >= 0.6 is 11.6 Å². The number of ether oxygens (including phenoxy) is 2. The molecular weight excluding hydrogens is 276 g/mol. The van der Waals surface area contributed by atoms with Crippen molar-refractivity contribution in [1.29, 1.82) is 5.26 Å². The second-order valence-electron chi connectivity index (χ2n) is 4.08.